The largest absolute Gasteiger partial charge is 0.313 e. The molecule has 6 aromatic rings. The Morgan fingerprint density at radius 2 is 1.51 bits per heavy atom. The van der Waals surface area contributed by atoms with Crippen LogP contribution in [0.2, 0.25) is 0 Å². The molecule has 8 rings (SSSR count). The fraction of sp³-hybridized carbons (Fsp3) is 0.103. The number of fused-ring (bicyclic) bond motifs is 6. The molecule has 2 aromatic heterocycles. The molecule has 0 bridgehead atoms. The lowest BCUT2D eigenvalue weighted by atomic mass is 10.0. The van der Waals surface area contributed by atoms with Crippen LogP contribution in [0, 0.1) is 18.3 Å². The fourth-order valence-electron chi connectivity index (χ4n) is 6.64. The summed E-state index contributed by atoms with van der Waals surface area (Å²) in [7, 11) is 0. The topological polar surface area (TPSA) is 33.6 Å². The van der Waals surface area contributed by atoms with Crippen LogP contribution < -0.4 is 0 Å². The number of nitriles is 1. The van der Waals surface area contributed by atoms with Crippen LogP contribution in [0.3, 0.4) is 0 Å². The van der Waals surface area contributed by atoms with Gasteiger partial charge < -0.3 is 9.13 Å². The Morgan fingerprint density at radius 1 is 0.744 bits per heavy atom. The molecule has 4 heteroatoms. The Hall–Kier alpha value is -4.98. The van der Waals surface area contributed by atoms with E-state index >= 15 is 0 Å². The molecule has 206 valence electrons. The predicted molar refractivity (Wildman–Crippen MR) is 181 cm³/mol. The Bertz CT molecular complexity index is 2210. The maximum atomic E-state index is 9.50. The molecule has 43 heavy (non-hydrogen) atoms. The summed E-state index contributed by atoms with van der Waals surface area (Å²) in [5.41, 5.74) is 10.5. The van der Waals surface area contributed by atoms with Crippen molar-refractivity contribution >= 4 is 56.2 Å². The number of hydrogen-bond acceptors (Lipinski definition) is 2. The van der Waals surface area contributed by atoms with E-state index in [9.17, 15) is 5.26 Å². The van der Waals surface area contributed by atoms with Gasteiger partial charge in [-0.1, -0.05) is 66.4 Å². The molecule has 3 nitrogen and oxygen atoms in total. The van der Waals surface area contributed by atoms with E-state index < -0.39 is 0 Å². The zero-order valence-corrected chi connectivity index (χ0v) is 24.7. The summed E-state index contributed by atoms with van der Waals surface area (Å²) < 4.78 is 4.77. The van der Waals surface area contributed by atoms with Gasteiger partial charge in [-0.15, -0.1) is 0 Å². The second kappa shape index (κ2) is 10.4. The van der Waals surface area contributed by atoms with Crippen molar-refractivity contribution in [3.05, 3.63) is 143 Å². The van der Waals surface area contributed by atoms with E-state index in [1.54, 1.807) is 0 Å². The highest BCUT2D eigenvalue weighted by Crippen LogP contribution is 2.39. The highest BCUT2D eigenvalue weighted by atomic mass is 32.2. The Balaban J connectivity index is 1.14. The zero-order valence-electron chi connectivity index (χ0n) is 23.9. The lowest BCUT2D eigenvalue weighted by Crippen LogP contribution is -2.03. The van der Waals surface area contributed by atoms with Gasteiger partial charge in [0.1, 0.15) is 0 Å². The number of para-hydroxylation sites is 2. The fourth-order valence-corrected chi connectivity index (χ4v) is 7.59. The normalized spacial score (nSPS) is 14.5. The molecular formula is C39H29N3S. The first-order valence-electron chi connectivity index (χ1n) is 14.8. The number of hydrogen-bond donors (Lipinski definition) is 0. The maximum absolute atomic E-state index is 9.50. The van der Waals surface area contributed by atoms with Crippen LogP contribution in [0.15, 0.2) is 125 Å². The van der Waals surface area contributed by atoms with Crippen molar-refractivity contribution in [1.82, 2.24) is 9.13 Å². The third-order valence-corrected chi connectivity index (χ3v) is 9.86. The monoisotopic (exact) mass is 571 g/mol. The van der Waals surface area contributed by atoms with Crippen LogP contribution in [0.25, 0.3) is 50.2 Å². The summed E-state index contributed by atoms with van der Waals surface area (Å²) >= 11 is 1.85. The quantitative estimate of drug-likeness (QED) is 0.211. The van der Waals surface area contributed by atoms with E-state index in [4.69, 9.17) is 0 Å². The Labute approximate surface area is 255 Å². The van der Waals surface area contributed by atoms with Gasteiger partial charge in [0, 0.05) is 43.7 Å². The van der Waals surface area contributed by atoms with Gasteiger partial charge in [-0.2, -0.15) is 5.26 Å². The minimum atomic E-state index is 0.704. The summed E-state index contributed by atoms with van der Waals surface area (Å²) in [6.45, 7) is 2.22. The minimum absolute atomic E-state index is 0.704. The van der Waals surface area contributed by atoms with E-state index in [0.29, 0.717) is 5.56 Å². The molecule has 0 aliphatic heterocycles. The first-order valence-corrected chi connectivity index (χ1v) is 15.6. The third-order valence-electron chi connectivity index (χ3n) is 8.61. The number of allylic oxidation sites excluding steroid dienone is 7. The predicted octanol–water partition coefficient (Wildman–Crippen LogP) is 10.4. The summed E-state index contributed by atoms with van der Waals surface area (Å²) in [6.07, 6.45) is 16.4. The van der Waals surface area contributed by atoms with E-state index in [2.05, 4.69) is 131 Å². The van der Waals surface area contributed by atoms with Gasteiger partial charge in [0.25, 0.3) is 0 Å². The highest BCUT2D eigenvalue weighted by molar-refractivity contribution is 8.03. The van der Waals surface area contributed by atoms with Crippen LogP contribution in [0.5, 0.6) is 0 Å². The van der Waals surface area contributed by atoms with Gasteiger partial charge in [-0.05, 0) is 103 Å². The number of benzene rings is 4. The van der Waals surface area contributed by atoms with Crippen LogP contribution in [0.4, 0.5) is 0 Å². The van der Waals surface area contributed by atoms with Crippen molar-refractivity contribution in [2.75, 3.05) is 0 Å². The van der Waals surface area contributed by atoms with Crippen LogP contribution in [0.1, 0.15) is 35.2 Å². The van der Waals surface area contributed by atoms with Gasteiger partial charge >= 0.3 is 0 Å². The molecule has 2 aliphatic carbocycles. The van der Waals surface area contributed by atoms with E-state index in [-0.39, 0.29) is 0 Å². The van der Waals surface area contributed by atoms with Crippen molar-refractivity contribution in [2.45, 2.75) is 31.1 Å². The molecular weight excluding hydrogens is 543 g/mol. The second-order valence-electron chi connectivity index (χ2n) is 11.2. The van der Waals surface area contributed by atoms with E-state index in [1.807, 2.05) is 23.9 Å². The first kappa shape index (κ1) is 25.7. The lowest BCUT2D eigenvalue weighted by molar-refractivity contribution is 0.901. The van der Waals surface area contributed by atoms with Crippen molar-refractivity contribution in [3.63, 3.8) is 0 Å². The molecule has 0 unspecified atom stereocenters. The van der Waals surface area contributed by atoms with E-state index in [1.165, 1.54) is 59.8 Å². The van der Waals surface area contributed by atoms with Crippen molar-refractivity contribution in [2.24, 2.45) is 0 Å². The van der Waals surface area contributed by atoms with Crippen LogP contribution in [-0.2, 0) is 6.42 Å². The lowest BCUT2D eigenvalue weighted by Gasteiger charge is -2.13. The molecule has 0 fully saturated rings. The molecule has 0 saturated carbocycles. The third kappa shape index (κ3) is 4.28. The molecule has 0 N–H and O–H groups in total. The number of aryl methyl sites for hydroxylation is 1. The van der Waals surface area contributed by atoms with Gasteiger partial charge in [0.05, 0.1) is 28.2 Å². The first-order chi connectivity index (χ1) is 21.2. The van der Waals surface area contributed by atoms with Crippen LogP contribution in [-0.4, -0.2) is 9.13 Å². The number of rotatable bonds is 4. The molecule has 2 heterocycles. The van der Waals surface area contributed by atoms with Gasteiger partial charge in [-0.25, -0.2) is 0 Å². The van der Waals surface area contributed by atoms with Crippen molar-refractivity contribution in [3.8, 4) is 11.8 Å². The molecule has 0 spiro atoms. The van der Waals surface area contributed by atoms with E-state index in [0.717, 1.165) is 30.2 Å². The van der Waals surface area contributed by atoms with Gasteiger partial charge in [0.2, 0.25) is 0 Å². The number of aromatic nitrogens is 2. The molecule has 0 amide bonds. The molecule has 0 atom stereocenters. The average Bonchev–Trinajstić information content (AvgIpc) is 3.45. The molecule has 4 aromatic carbocycles. The Morgan fingerprint density at radius 3 is 2.28 bits per heavy atom. The SMILES string of the molecule is Cc1cc(-n2c3ccccc3c3ccccc32)ccc1SC1=CC=C(n2c3c(c4cc(C#N)ccc42)C=CCC3)C=CC1. The summed E-state index contributed by atoms with van der Waals surface area (Å²) in [6, 6.07) is 32.5. The van der Waals surface area contributed by atoms with Crippen LogP contribution >= 0.6 is 11.8 Å². The second-order valence-corrected chi connectivity index (χ2v) is 12.4. The van der Waals surface area contributed by atoms with Crippen molar-refractivity contribution in [1.29, 1.82) is 5.26 Å². The molecule has 0 saturated heterocycles. The summed E-state index contributed by atoms with van der Waals surface area (Å²) in [5, 5.41) is 13.2. The maximum Gasteiger partial charge on any atom is 0.0991 e. The van der Waals surface area contributed by atoms with Gasteiger partial charge in [-0.3, -0.25) is 0 Å². The smallest absolute Gasteiger partial charge is 0.0991 e. The zero-order chi connectivity index (χ0) is 28.9. The number of nitrogens with zero attached hydrogens (tertiary/aromatic N) is 3. The standard InChI is InChI=1S/C39H29N3S/c1-26-23-29(42-35-14-5-2-11-31(35)32-12-3-6-15-36(32)42)19-22-39(26)43-30-10-8-9-28(18-20-30)41-37-16-7-4-13-33(37)34-24-27(25-40)17-21-38(34)41/h2-6,8-9,11-15,17-24H,7,10,16H2,1H3. The summed E-state index contributed by atoms with van der Waals surface area (Å²) in [4.78, 5) is 2.59. The Kier molecular flexibility index (Phi) is 6.21. The molecule has 0 radical (unpaired) electrons. The highest BCUT2D eigenvalue weighted by Gasteiger charge is 2.20. The van der Waals surface area contributed by atoms with Crippen molar-refractivity contribution < 1.29 is 0 Å². The number of thioether (sulfide) groups is 1. The minimum Gasteiger partial charge on any atom is -0.313 e. The molecule has 2 aliphatic rings. The van der Waals surface area contributed by atoms with Gasteiger partial charge in [0.15, 0.2) is 0 Å². The summed E-state index contributed by atoms with van der Waals surface area (Å²) in [5.74, 6) is 0. The average molecular weight is 572 g/mol.